The molecule has 8 heteroatoms. The van der Waals surface area contributed by atoms with Crippen LogP contribution in [-0.4, -0.2) is 46.2 Å². The molecule has 0 saturated heterocycles. The molecule has 124 valence electrons. The van der Waals surface area contributed by atoms with Crippen molar-refractivity contribution in [1.82, 2.24) is 5.32 Å². The summed E-state index contributed by atoms with van der Waals surface area (Å²) in [6, 6.07) is -0.894. The van der Waals surface area contributed by atoms with Gasteiger partial charge in [0.25, 0.3) is 0 Å². The number of aliphatic imine (C=N–C) groups is 1. The molecule has 1 aliphatic rings. The number of amides is 1. The molecule has 8 nitrogen and oxygen atoms in total. The van der Waals surface area contributed by atoms with Crippen LogP contribution in [0.2, 0.25) is 0 Å². The summed E-state index contributed by atoms with van der Waals surface area (Å²) >= 11 is 0. The van der Waals surface area contributed by atoms with Gasteiger partial charge in [-0.2, -0.15) is 0 Å². The van der Waals surface area contributed by atoms with Gasteiger partial charge in [0.15, 0.2) is 5.96 Å². The maximum atomic E-state index is 11.4. The minimum Gasteiger partial charge on any atom is -0.478 e. The average molecular weight is 312 g/mol. The first-order valence-electron chi connectivity index (χ1n) is 7.22. The molecule has 1 rings (SSSR count). The number of hydrogen-bond acceptors (Lipinski definition) is 4. The Bertz CT molecular complexity index is 485. The van der Waals surface area contributed by atoms with E-state index < -0.39 is 24.2 Å². The maximum Gasteiger partial charge on any atom is 0.331 e. The smallest absolute Gasteiger partial charge is 0.331 e. The van der Waals surface area contributed by atoms with Crippen molar-refractivity contribution in [2.75, 3.05) is 0 Å². The molecular weight excluding hydrogens is 288 g/mol. The number of carboxylic acids is 1. The van der Waals surface area contributed by atoms with E-state index in [9.17, 15) is 14.7 Å². The molecule has 4 atom stereocenters. The molecule has 0 heterocycles. The van der Waals surface area contributed by atoms with E-state index in [1.807, 2.05) is 6.92 Å². The van der Waals surface area contributed by atoms with Crippen LogP contribution in [0.5, 0.6) is 0 Å². The predicted molar refractivity (Wildman–Crippen MR) is 81.9 cm³/mol. The van der Waals surface area contributed by atoms with Gasteiger partial charge in [-0.15, -0.1) is 0 Å². The van der Waals surface area contributed by atoms with Gasteiger partial charge in [0.05, 0.1) is 12.1 Å². The van der Waals surface area contributed by atoms with Crippen molar-refractivity contribution >= 4 is 17.8 Å². The van der Waals surface area contributed by atoms with Crippen molar-refractivity contribution in [2.24, 2.45) is 22.4 Å². The summed E-state index contributed by atoms with van der Waals surface area (Å²) in [5.74, 6) is -1.80. The minimum atomic E-state index is -1.03. The molecule has 0 saturated carbocycles. The van der Waals surface area contributed by atoms with Crippen LogP contribution >= 0.6 is 0 Å². The lowest BCUT2D eigenvalue weighted by Gasteiger charge is -2.28. The summed E-state index contributed by atoms with van der Waals surface area (Å²) in [6.45, 7) is 3.20. The number of carbonyl (C=O) groups is 2. The highest BCUT2D eigenvalue weighted by Crippen LogP contribution is 2.32. The first-order valence-corrected chi connectivity index (χ1v) is 7.22. The lowest BCUT2D eigenvalue weighted by molar-refractivity contribution is -0.132. The van der Waals surface area contributed by atoms with Gasteiger partial charge in [-0.25, -0.2) is 9.79 Å². The third-order valence-electron chi connectivity index (χ3n) is 3.71. The van der Waals surface area contributed by atoms with Gasteiger partial charge < -0.3 is 27.0 Å². The van der Waals surface area contributed by atoms with E-state index in [2.05, 4.69) is 10.3 Å². The highest BCUT2D eigenvalue weighted by atomic mass is 16.4. The van der Waals surface area contributed by atoms with Crippen LogP contribution in [0.15, 0.2) is 16.6 Å². The van der Waals surface area contributed by atoms with Crippen LogP contribution in [0.4, 0.5) is 0 Å². The number of rotatable bonds is 7. The van der Waals surface area contributed by atoms with Gasteiger partial charge in [-0.1, -0.05) is 13.0 Å². The first kappa shape index (κ1) is 18.0. The van der Waals surface area contributed by atoms with Crippen molar-refractivity contribution in [3.63, 3.8) is 0 Å². The van der Waals surface area contributed by atoms with Crippen molar-refractivity contribution in [1.29, 1.82) is 0 Å². The summed E-state index contributed by atoms with van der Waals surface area (Å²) in [7, 11) is 0. The van der Waals surface area contributed by atoms with Gasteiger partial charge >= 0.3 is 5.97 Å². The van der Waals surface area contributed by atoms with Gasteiger partial charge in [0, 0.05) is 30.9 Å². The quantitative estimate of drug-likeness (QED) is 0.310. The fraction of sp³-hybridized carbons (Fsp3) is 0.643. The number of nitrogens with zero attached hydrogens (tertiary/aromatic N) is 1. The molecule has 0 aromatic carbocycles. The zero-order chi connectivity index (χ0) is 16.9. The van der Waals surface area contributed by atoms with Crippen molar-refractivity contribution in [3.8, 4) is 0 Å². The summed E-state index contributed by atoms with van der Waals surface area (Å²) in [5, 5.41) is 21.8. The van der Waals surface area contributed by atoms with Crippen LogP contribution in [0, 0.1) is 5.92 Å². The lowest BCUT2D eigenvalue weighted by Crippen LogP contribution is -2.44. The molecule has 0 bridgehead atoms. The Labute approximate surface area is 129 Å². The Morgan fingerprint density at radius 3 is 2.59 bits per heavy atom. The zero-order valence-corrected chi connectivity index (χ0v) is 12.8. The van der Waals surface area contributed by atoms with Crippen LogP contribution in [-0.2, 0) is 9.59 Å². The summed E-state index contributed by atoms with van der Waals surface area (Å²) < 4.78 is 0. The van der Waals surface area contributed by atoms with Crippen LogP contribution < -0.4 is 16.8 Å². The topological polar surface area (TPSA) is 151 Å². The third kappa shape index (κ3) is 5.03. The molecule has 0 spiro atoms. The van der Waals surface area contributed by atoms with E-state index in [0.29, 0.717) is 12.8 Å². The molecule has 0 fully saturated rings. The molecule has 0 radical (unpaired) electrons. The number of carboxylic acid groups (broad SMARTS) is 1. The molecule has 0 aromatic heterocycles. The summed E-state index contributed by atoms with van der Waals surface area (Å²) in [4.78, 5) is 26.7. The van der Waals surface area contributed by atoms with Crippen LogP contribution in [0.25, 0.3) is 0 Å². The van der Waals surface area contributed by atoms with Crippen molar-refractivity contribution < 1.29 is 19.8 Å². The summed E-state index contributed by atoms with van der Waals surface area (Å²) in [6.07, 6.45) is 2.00. The Morgan fingerprint density at radius 2 is 2.14 bits per heavy atom. The van der Waals surface area contributed by atoms with E-state index in [1.54, 1.807) is 6.08 Å². The monoisotopic (exact) mass is 312 g/mol. The zero-order valence-electron chi connectivity index (χ0n) is 12.8. The normalized spacial score (nSPS) is 23.3. The molecule has 0 unspecified atom stereocenters. The molecule has 0 aliphatic heterocycles. The van der Waals surface area contributed by atoms with Gasteiger partial charge in [0.2, 0.25) is 5.91 Å². The number of aliphatic carboxylic acids is 1. The minimum absolute atomic E-state index is 0.132. The Kier molecular flexibility index (Phi) is 6.36. The van der Waals surface area contributed by atoms with E-state index in [1.165, 1.54) is 6.92 Å². The van der Waals surface area contributed by atoms with Gasteiger partial charge in [-0.3, -0.25) is 4.79 Å². The largest absolute Gasteiger partial charge is 0.478 e. The Hall–Kier alpha value is -2.09. The predicted octanol–water partition coefficient (Wildman–Crippen LogP) is -0.675. The first-order chi connectivity index (χ1) is 10.2. The maximum absolute atomic E-state index is 11.4. The number of guanidine groups is 1. The van der Waals surface area contributed by atoms with Gasteiger partial charge in [0.1, 0.15) is 0 Å². The number of nitrogens with one attached hydrogen (secondary N) is 1. The number of hydrogen-bond donors (Lipinski definition) is 5. The Morgan fingerprint density at radius 1 is 1.50 bits per heavy atom. The molecular formula is C14H24N4O4. The van der Waals surface area contributed by atoms with Gasteiger partial charge in [-0.05, 0) is 12.8 Å². The fourth-order valence-electron chi connectivity index (χ4n) is 2.67. The molecule has 0 aromatic rings. The highest BCUT2D eigenvalue weighted by molar-refractivity contribution is 5.87. The van der Waals surface area contributed by atoms with E-state index >= 15 is 0 Å². The second-order valence-electron chi connectivity index (χ2n) is 5.50. The Balaban J connectivity index is 3.06. The number of nitrogens with two attached hydrogens (primary N) is 2. The second-order valence-corrected chi connectivity index (χ2v) is 5.50. The molecule has 7 N–H and O–H groups in total. The van der Waals surface area contributed by atoms with Crippen molar-refractivity contribution in [2.45, 2.75) is 51.3 Å². The van der Waals surface area contributed by atoms with Crippen LogP contribution in [0.3, 0.4) is 0 Å². The number of aliphatic hydroxyl groups is 1. The van der Waals surface area contributed by atoms with Crippen molar-refractivity contribution in [3.05, 3.63) is 11.6 Å². The number of carbonyl (C=O) groups excluding carboxylic acids is 1. The number of aliphatic hydroxyl groups excluding tert-OH is 1. The van der Waals surface area contributed by atoms with Crippen LogP contribution in [0.1, 0.15) is 33.1 Å². The highest BCUT2D eigenvalue weighted by Gasteiger charge is 2.36. The second kappa shape index (κ2) is 7.79. The van der Waals surface area contributed by atoms with E-state index in [-0.39, 0.29) is 29.8 Å². The molecule has 22 heavy (non-hydrogen) atoms. The molecule has 1 aliphatic carbocycles. The van der Waals surface area contributed by atoms with E-state index in [4.69, 9.17) is 16.6 Å². The molecule has 1 amide bonds. The average Bonchev–Trinajstić information content (AvgIpc) is 2.80. The SMILES string of the molecule is CC[C@H](O)C[C@@H](NC(C)=O)[C@@H]1C=C(C(=O)O)C[C@H]1N=C(N)N. The standard InChI is InChI=1S/C14H24N4O4/c1-3-9(20)6-12(17-7(2)19)10-4-8(13(21)22)5-11(10)18-14(15)16/h4,9-12,20H,3,5-6H2,1-2H3,(H,17,19)(H,21,22)(H4,15,16,18)/t9-,10+,11+,12+/m0/s1. The summed E-state index contributed by atoms with van der Waals surface area (Å²) in [5.41, 5.74) is 11.0. The third-order valence-corrected chi connectivity index (χ3v) is 3.71. The van der Waals surface area contributed by atoms with E-state index in [0.717, 1.165) is 0 Å². The lowest BCUT2D eigenvalue weighted by atomic mass is 9.90. The fourth-order valence-corrected chi connectivity index (χ4v) is 2.67.